The third kappa shape index (κ3) is 6.89. The summed E-state index contributed by atoms with van der Waals surface area (Å²) in [5.74, 6) is 1.43. The van der Waals surface area contributed by atoms with Crippen molar-refractivity contribution >= 4 is 18.3 Å². The van der Waals surface area contributed by atoms with E-state index in [0.29, 0.717) is 18.9 Å². The number of rotatable bonds is 8. The molecule has 2 unspecified atom stereocenters. The molecule has 0 aliphatic carbocycles. The molecule has 0 heterocycles. The molecule has 148 valence electrons. The van der Waals surface area contributed by atoms with Crippen molar-refractivity contribution in [2.24, 2.45) is 5.73 Å². The fourth-order valence-corrected chi connectivity index (χ4v) is 2.89. The molecule has 0 fully saturated rings. The van der Waals surface area contributed by atoms with E-state index in [1.165, 1.54) is 5.56 Å². The van der Waals surface area contributed by atoms with Crippen LogP contribution in [0.5, 0.6) is 5.75 Å². The van der Waals surface area contributed by atoms with Crippen LogP contribution in [0.3, 0.4) is 0 Å². The molecule has 2 atom stereocenters. The van der Waals surface area contributed by atoms with Crippen LogP contribution in [0.2, 0.25) is 0 Å². The predicted molar refractivity (Wildman–Crippen MR) is 114 cm³/mol. The number of ether oxygens (including phenoxy) is 1. The van der Waals surface area contributed by atoms with Crippen molar-refractivity contribution in [3.8, 4) is 5.75 Å². The normalized spacial score (nSPS) is 12.8. The van der Waals surface area contributed by atoms with E-state index in [4.69, 9.17) is 10.5 Å². The van der Waals surface area contributed by atoms with Gasteiger partial charge in [-0.1, -0.05) is 57.2 Å². The summed E-state index contributed by atoms with van der Waals surface area (Å²) in [6.07, 6.45) is 0.423. The average molecular weight is 391 g/mol. The number of hydrogen-bond acceptors (Lipinski definition) is 3. The summed E-state index contributed by atoms with van der Waals surface area (Å²) in [5, 5.41) is 2.95. The number of carbonyl (C=O) groups is 1. The maximum absolute atomic E-state index is 12.3. The summed E-state index contributed by atoms with van der Waals surface area (Å²) in [4.78, 5) is 12.3. The summed E-state index contributed by atoms with van der Waals surface area (Å²) in [6.45, 7) is 6.81. The van der Waals surface area contributed by atoms with Crippen molar-refractivity contribution in [3.63, 3.8) is 0 Å². The molecule has 1 amide bonds. The maximum Gasteiger partial charge on any atom is 0.220 e. The largest absolute Gasteiger partial charge is 0.497 e. The lowest BCUT2D eigenvalue weighted by atomic mass is 9.97. The van der Waals surface area contributed by atoms with Crippen LogP contribution in [0.1, 0.15) is 61.8 Å². The van der Waals surface area contributed by atoms with Gasteiger partial charge in [-0.15, -0.1) is 12.4 Å². The Kier molecular flexibility index (Phi) is 9.33. The lowest BCUT2D eigenvalue weighted by Crippen LogP contribution is -2.32. The number of carbonyl (C=O) groups excluding carboxylic acids is 1. The van der Waals surface area contributed by atoms with Gasteiger partial charge in [0.05, 0.1) is 7.11 Å². The number of amides is 1. The van der Waals surface area contributed by atoms with Crippen LogP contribution in [0.25, 0.3) is 0 Å². The van der Waals surface area contributed by atoms with Gasteiger partial charge in [0, 0.05) is 19.0 Å². The smallest absolute Gasteiger partial charge is 0.220 e. The lowest BCUT2D eigenvalue weighted by molar-refractivity contribution is -0.121. The fraction of sp³-hybridized carbons (Fsp3) is 0.409. The first kappa shape index (κ1) is 23.0. The van der Waals surface area contributed by atoms with Crippen LogP contribution in [-0.2, 0) is 4.79 Å². The standard InChI is InChI=1S/C22H30N2O2.ClH/c1-15(2)17-8-10-18(11-9-17)21(23)14-24-22(25)12-16(3)19-6-5-7-20(13-19)26-4;/h5-11,13,15-16,21H,12,14,23H2,1-4H3,(H,24,25);1H. The number of hydrogen-bond donors (Lipinski definition) is 2. The van der Waals surface area contributed by atoms with Gasteiger partial charge in [-0.05, 0) is 40.7 Å². The lowest BCUT2D eigenvalue weighted by Gasteiger charge is -2.16. The topological polar surface area (TPSA) is 64.3 Å². The van der Waals surface area contributed by atoms with E-state index in [0.717, 1.165) is 16.9 Å². The van der Waals surface area contributed by atoms with E-state index in [1.54, 1.807) is 7.11 Å². The van der Waals surface area contributed by atoms with Crippen LogP contribution < -0.4 is 15.8 Å². The molecule has 5 heteroatoms. The molecule has 0 radical (unpaired) electrons. The minimum absolute atomic E-state index is 0. The summed E-state index contributed by atoms with van der Waals surface area (Å²) in [6, 6.07) is 15.9. The minimum Gasteiger partial charge on any atom is -0.497 e. The van der Waals surface area contributed by atoms with E-state index in [2.05, 4.69) is 31.3 Å². The summed E-state index contributed by atoms with van der Waals surface area (Å²) in [7, 11) is 1.64. The number of benzene rings is 2. The van der Waals surface area contributed by atoms with Gasteiger partial charge in [0.25, 0.3) is 0 Å². The van der Waals surface area contributed by atoms with E-state index in [1.807, 2.05) is 43.3 Å². The number of halogens is 1. The Balaban J connectivity index is 0.00000364. The first-order valence-corrected chi connectivity index (χ1v) is 9.16. The zero-order valence-corrected chi connectivity index (χ0v) is 17.4. The highest BCUT2D eigenvalue weighted by Crippen LogP contribution is 2.23. The molecular weight excluding hydrogens is 360 g/mol. The van der Waals surface area contributed by atoms with Crippen molar-refractivity contribution in [2.75, 3.05) is 13.7 Å². The Bertz CT molecular complexity index is 717. The fourth-order valence-electron chi connectivity index (χ4n) is 2.89. The van der Waals surface area contributed by atoms with Crippen molar-refractivity contribution in [1.29, 1.82) is 0 Å². The molecule has 27 heavy (non-hydrogen) atoms. The third-order valence-electron chi connectivity index (χ3n) is 4.70. The molecule has 4 nitrogen and oxygen atoms in total. The van der Waals surface area contributed by atoms with E-state index >= 15 is 0 Å². The quantitative estimate of drug-likeness (QED) is 0.694. The van der Waals surface area contributed by atoms with Gasteiger partial charge in [0.15, 0.2) is 0 Å². The SMILES string of the molecule is COc1cccc(C(C)CC(=O)NCC(N)c2ccc(C(C)C)cc2)c1.Cl. The summed E-state index contributed by atoms with van der Waals surface area (Å²) < 4.78 is 5.24. The van der Waals surface area contributed by atoms with E-state index in [9.17, 15) is 4.79 Å². The Morgan fingerprint density at radius 2 is 1.67 bits per heavy atom. The number of nitrogens with one attached hydrogen (secondary N) is 1. The zero-order chi connectivity index (χ0) is 19.1. The molecule has 2 rings (SSSR count). The second kappa shape index (κ2) is 11.0. The molecule has 0 saturated heterocycles. The molecular formula is C22H31ClN2O2. The van der Waals surface area contributed by atoms with E-state index in [-0.39, 0.29) is 30.3 Å². The Morgan fingerprint density at radius 3 is 2.26 bits per heavy atom. The molecule has 0 spiro atoms. The average Bonchev–Trinajstić information content (AvgIpc) is 2.66. The minimum atomic E-state index is -0.202. The van der Waals surface area contributed by atoms with Gasteiger partial charge < -0.3 is 15.8 Å². The molecule has 3 N–H and O–H groups in total. The molecule has 2 aromatic rings. The molecule has 2 aromatic carbocycles. The van der Waals surface area contributed by atoms with E-state index < -0.39 is 0 Å². The highest BCUT2D eigenvalue weighted by Gasteiger charge is 2.14. The number of nitrogens with two attached hydrogens (primary N) is 1. The summed E-state index contributed by atoms with van der Waals surface area (Å²) >= 11 is 0. The van der Waals surface area contributed by atoms with Crippen LogP contribution in [0.15, 0.2) is 48.5 Å². The molecule has 0 saturated carbocycles. The number of methoxy groups -OCH3 is 1. The van der Waals surface area contributed by atoms with Gasteiger partial charge >= 0.3 is 0 Å². The van der Waals surface area contributed by atoms with Gasteiger partial charge in [0.1, 0.15) is 5.75 Å². The van der Waals surface area contributed by atoms with Crippen molar-refractivity contribution < 1.29 is 9.53 Å². The highest BCUT2D eigenvalue weighted by molar-refractivity contribution is 5.85. The molecule has 0 aromatic heterocycles. The first-order valence-electron chi connectivity index (χ1n) is 9.16. The maximum atomic E-state index is 12.3. The van der Waals surface area contributed by atoms with Crippen molar-refractivity contribution in [3.05, 3.63) is 65.2 Å². The van der Waals surface area contributed by atoms with Crippen molar-refractivity contribution in [1.82, 2.24) is 5.32 Å². The third-order valence-corrected chi connectivity index (χ3v) is 4.70. The second-order valence-corrected chi connectivity index (χ2v) is 7.11. The Hall–Kier alpha value is -2.04. The molecule has 0 bridgehead atoms. The summed E-state index contributed by atoms with van der Waals surface area (Å²) in [5.41, 5.74) is 9.64. The molecule has 0 aliphatic rings. The Morgan fingerprint density at radius 1 is 1.04 bits per heavy atom. The van der Waals surface area contributed by atoms with Crippen LogP contribution in [0.4, 0.5) is 0 Å². The van der Waals surface area contributed by atoms with Crippen LogP contribution in [-0.4, -0.2) is 19.6 Å². The van der Waals surface area contributed by atoms with Crippen LogP contribution >= 0.6 is 12.4 Å². The molecule has 0 aliphatic heterocycles. The monoisotopic (exact) mass is 390 g/mol. The van der Waals surface area contributed by atoms with Gasteiger partial charge in [-0.2, -0.15) is 0 Å². The predicted octanol–water partition coefficient (Wildman–Crippen LogP) is 4.55. The first-order chi connectivity index (χ1) is 12.4. The highest BCUT2D eigenvalue weighted by atomic mass is 35.5. The van der Waals surface area contributed by atoms with Gasteiger partial charge in [0.2, 0.25) is 5.91 Å². The zero-order valence-electron chi connectivity index (χ0n) is 16.6. The van der Waals surface area contributed by atoms with Gasteiger partial charge in [-0.25, -0.2) is 0 Å². The van der Waals surface area contributed by atoms with Gasteiger partial charge in [-0.3, -0.25) is 4.79 Å². The van der Waals surface area contributed by atoms with Crippen LogP contribution in [0, 0.1) is 0 Å². The second-order valence-electron chi connectivity index (χ2n) is 7.11. The van der Waals surface area contributed by atoms with Crippen molar-refractivity contribution in [2.45, 2.75) is 45.1 Å². The Labute approximate surface area is 168 Å².